The van der Waals surface area contributed by atoms with Gasteiger partial charge in [0.1, 0.15) is 0 Å². The second kappa shape index (κ2) is 7.06. The Morgan fingerprint density at radius 3 is 2.53 bits per heavy atom. The van der Waals surface area contributed by atoms with Gasteiger partial charge in [-0.1, -0.05) is 38.1 Å². The fourth-order valence-electron chi connectivity index (χ4n) is 3.09. The molecule has 1 saturated carbocycles. The number of methoxy groups -OCH3 is 1. The van der Waals surface area contributed by atoms with Gasteiger partial charge in [-0.2, -0.15) is 0 Å². The highest BCUT2D eigenvalue weighted by Gasteiger charge is 2.28. The number of ether oxygens (including phenoxy) is 1. The van der Waals surface area contributed by atoms with Crippen molar-refractivity contribution in [1.82, 2.24) is 5.32 Å². The van der Waals surface area contributed by atoms with Crippen molar-refractivity contribution in [3.05, 3.63) is 35.4 Å². The Labute approximate surface area is 117 Å². The SMILES string of the molecule is CCc1ccc(C(CC)NC2CCCC2OC)cc1. The molecule has 0 radical (unpaired) electrons. The van der Waals surface area contributed by atoms with Crippen LogP contribution in [0.1, 0.15) is 56.7 Å². The van der Waals surface area contributed by atoms with Gasteiger partial charge >= 0.3 is 0 Å². The molecule has 0 saturated heterocycles. The Morgan fingerprint density at radius 1 is 1.21 bits per heavy atom. The topological polar surface area (TPSA) is 21.3 Å². The minimum absolute atomic E-state index is 0.393. The smallest absolute Gasteiger partial charge is 0.0724 e. The molecule has 19 heavy (non-hydrogen) atoms. The molecule has 1 N–H and O–H groups in total. The van der Waals surface area contributed by atoms with Crippen LogP contribution in [0, 0.1) is 0 Å². The summed E-state index contributed by atoms with van der Waals surface area (Å²) in [5, 5.41) is 3.80. The van der Waals surface area contributed by atoms with Crippen LogP contribution in [0.15, 0.2) is 24.3 Å². The van der Waals surface area contributed by atoms with E-state index in [1.54, 1.807) is 0 Å². The van der Waals surface area contributed by atoms with Crippen molar-refractivity contribution in [2.75, 3.05) is 7.11 Å². The van der Waals surface area contributed by atoms with Gasteiger partial charge in [-0.25, -0.2) is 0 Å². The first-order chi connectivity index (χ1) is 9.28. The van der Waals surface area contributed by atoms with Gasteiger partial charge in [-0.15, -0.1) is 0 Å². The molecule has 0 bridgehead atoms. The summed E-state index contributed by atoms with van der Waals surface area (Å²) in [7, 11) is 1.83. The molecule has 2 nitrogen and oxygen atoms in total. The summed E-state index contributed by atoms with van der Waals surface area (Å²) in [6.45, 7) is 4.45. The lowest BCUT2D eigenvalue weighted by molar-refractivity contribution is 0.0810. The number of rotatable bonds is 6. The summed E-state index contributed by atoms with van der Waals surface area (Å²) in [5.41, 5.74) is 2.82. The zero-order valence-corrected chi connectivity index (χ0v) is 12.5. The number of nitrogens with one attached hydrogen (secondary N) is 1. The van der Waals surface area contributed by atoms with Gasteiger partial charge in [0, 0.05) is 19.2 Å². The van der Waals surface area contributed by atoms with Crippen LogP contribution < -0.4 is 5.32 Å². The van der Waals surface area contributed by atoms with Gasteiger partial charge < -0.3 is 10.1 Å². The maximum atomic E-state index is 5.58. The van der Waals surface area contributed by atoms with E-state index in [0.717, 1.165) is 12.8 Å². The molecule has 2 rings (SSSR count). The number of hydrogen-bond donors (Lipinski definition) is 1. The number of aryl methyl sites for hydroxylation is 1. The van der Waals surface area contributed by atoms with Crippen molar-refractivity contribution < 1.29 is 4.74 Å². The van der Waals surface area contributed by atoms with Crippen LogP contribution in [0.4, 0.5) is 0 Å². The standard InChI is InChI=1S/C17H27NO/c1-4-13-9-11-14(12-10-13)15(5-2)18-16-7-6-8-17(16)19-3/h9-12,15-18H,4-8H2,1-3H3. The van der Waals surface area contributed by atoms with Crippen molar-refractivity contribution in [2.24, 2.45) is 0 Å². The molecule has 1 aliphatic rings. The second-order valence-corrected chi connectivity index (χ2v) is 5.53. The highest BCUT2D eigenvalue weighted by atomic mass is 16.5. The van der Waals surface area contributed by atoms with Crippen molar-refractivity contribution in [3.63, 3.8) is 0 Å². The van der Waals surface area contributed by atoms with E-state index in [-0.39, 0.29) is 0 Å². The van der Waals surface area contributed by atoms with Gasteiger partial charge in [-0.05, 0) is 43.2 Å². The fraction of sp³-hybridized carbons (Fsp3) is 0.647. The third-order valence-corrected chi connectivity index (χ3v) is 4.37. The molecule has 3 atom stereocenters. The summed E-state index contributed by atoms with van der Waals surface area (Å²) in [6.07, 6.45) is 6.34. The van der Waals surface area contributed by atoms with Crippen LogP contribution in [0.25, 0.3) is 0 Å². The van der Waals surface area contributed by atoms with Crippen LogP contribution in [0.2, 0.25) is 0 Å². The zero-order valence-electron chi connectivity index (χ0n) is 12.5. The monoisotopic (exact) mass is 261 g/mol. The van der Waals surface area contributed by atoms with E-state index in [2.05, 4.69) is 43.4 Å². The normalized spacial score (nSPS) is 24.6. The quantitative estimate of drug-likeness (QED) is 0.839. The Morgan fingerprint density at radius 2 is 1.95 bits per heavy atom. The Balaban J connectivity index is 2.02. The Kier molecular flexibility index (Phi) is 5.41. The highest BCUT2D eigenvalue weighted by molar-refractivity contribution is 5.25. The minimum Gasteiger partial charge on any atom is -0.380 e. The van der Waals surface area contributed by atoms with Gasteiger partial charge in [0.15, 0.2) is 0 Å². The molecule has 0 aliphatic heterocycles. The Hall–Kier alpha value is -0.860. The van der Waals surface area contributed by atoms with Crippen LogP contribution >= 0.6 is 0 Å². The summed E-state index contributed by atoms with van der Waals surface area (Å²) < 4.78 is 5.58. The average Bonchev–Trinajstić information content (AvgIpc) is 2.92. The summed E-state index contributed by atoms with van der Waals surface area (Å²) in [5.74, 6) is 0. The van der Waals surface area contributed by atoms with Crippen molar-refractivity contribution >= 4 is 0 Å². The van der Waals surface area contributed by atoms with Crippen molar-refractivity contribution in [3.8, 4) is 0 Å². The van der Waals surface area contributed by atoms with E-state index in [9.17, 15) is 0 Å². The van der Waals surface area contributed by atoms with E-state index in [1.807, 2.05) is 7.11 Å². The summed E-state index contributed by atoms with van der Waals surface area (Å²) in [4.78, 5) is 0. The molecule has 106 valence electrons. The molecule has 2 heteroatoms. The molecule has 0 aromatic heterocycles. The predicted octanol–water partition coefficient (Wildman–Crippen LogP) is 3.86. The molecule has 0 amide bonds. The lowest BCUT2D eigenvalue weighted by Crippen LogP contribution is -2.39. The van der Waals surface area contributed by atoms with E-state index < -0.39 is 0 Å². The van der Waals surface area contributed by atoms with E-state index in [0.29, 0.717) is 18.2 Å². The number of hydrogen-bond acceptors (Lipinski definition) is 2. The third kappa shape index (κ3) is 3.58. The van der Waals surface area contributed by atoms with Crippen LogP contribution in [-0.4, -0.2) is 19.3 Å². The summed E-state index contributed by atoms with van der Waals surface area (Å²) >= 11 is 0. The lowest BCUT2D eigenvalue weighted by atomic mass is 10.0. The van der Waals surface area contributed by atoms with E-state index in [1.165, 1.54) is 30.4 Å². The van der Waals surface area contributed by atoms with E-state index in [4.69, 9.17) is 4.74 Å². The Bertz CT molecular complexity index is 373. The fourth-order valence-corrected chi connectivity index (χ4v) is 3.09. The molecule has 1 aromatic carbocycles. The zero-order chi connectivity index (χ0) is 13.7. The van der Waals surface area contributed by atoms with Crippen molar-refractivity contribution in [2.45, 2.75) is 64.1 Å². The minimum atomic E-state index is 0.393. The molecule has 0 spiro atoms. The predicted molar refractivity (Wildman–Crippen MR) is 80.4 cm³/mol. The number of benzene rings is 1. The van der Waals surface area contributed by atoms with Crippen molar-refractivity contribution in [1.29, 1.82) is 0 Å². The van der Waals surface area contributed by atoms with Crippen LogP contribution in [0.3, 0.4) is 0 Å². The molecular weight excluding hydrogens is 234 g/mol. The highest BCUT2D eigenvalue weighted by Crippen LogP contribution is 2.26. The van der Waals surface area contributed by atoms with Crippen LogP contribution in [0.5, 0.6) is 0 Å². The maximum absolute atomic E-state index is 5.58. The lowest BCUT2D eigenvalue weighted by Gasteiger charge is -2.26. The van der Waals surface area contributed by atoms with Gasteiger partial charge in [0.25, 0.3) is 0 Å². The molecule has 0 heterocycles. The third-order valence-electron chi connectivity index (χ3n) is 4.37. The summed E-state index contributed by atoms with van der Waals surface area (Å²) in [6, 6.07) is 10.0. The van der Waals surface area contributed by atoms with Gasteiger partial charge in [0.05, 0.1) is 6.10 Å². The average molecular weight is 261 g/mol. The molecule has 3 unspecified atom stereocenters. The first kappa shape index (κ1) is 14.5. The first-order valence-electron chi connectivity index (χ1n) is 7.66. The van der Waals surface area contributed by atoms with E-state index >= 15 is 0 Å². The first-order valence-corrected chi connectivity index (χ1v) is 7.66. The van der Waals surface area contributed by atoms with Gasteiger partial charge in [-0.3, -0.25) is 0 Å². The maximum Gasteiger partial charge on any atom is 0.0724 e. The second-order valence-electron chi connectivity index (χ2n) is 5.53. The molecular formula is C17H27NO. The van der Waals surface area contributed by atoms with Crippen LogP contribution in [-0.2, 0) is 11.2 Å². The molecule has 1 aromatic rings. The largest absolute Gasteiger partial charge is 0.380 e. The molecule has 1 fully saturated rings. The molecule has 1 aliphatic carbocycles. The van der Waals surface area contributed by atoms with Gasteiger partial charge in [0.2, 0.25) is 0 Å².